The second-order valence-corrected chi connectivity index (χ2v) is 7.44. The molecule has 2 rings (SSSR count). The molecule has 1 saturated carbocycles. The van der Waals surface area contributed by atoms with Gasteiger partial charge in [0.2, 0.25) is 5.91 Å². The van der Waals surface area contributed by atoms with E-state index in [0.717, 1.165) is 57.9 Å². The van der Waals surface area contributed by atoms with E-state index in [1.165, 1.54) is 0 Å². The van der Waals surface area contributed by atoms with Crippen LogP contribution in [0, 0.1) is 5.92 Å². The maximum absolute atomic E-state index is 11.9. The maximum atomic E-state index is 11.9. The Bertz CT molecular complexity index is 453. The highest BCUT2D eigenvalue weighted by atomic mass is 127. The number of piperazine rings is 1. The van der Waals surface area contributed by atoms with Crippen LogP contribution in [0.2, 0.25) is 0 Å². The molecule has 0 radical (unpaired) electrons. The average molecular weight is 481 g/mol. The summed E-state index contributed by atoms with van der Waals surface area (Å²) in [7, 11) is 0. The molecule has 8 heteroatoms. The monoisotopic (exact) mass is 481 g/mol. The summed E-state index contributed by atoms with van der Waals surface area (Å²) in [6.07, 6.45) is 2.90. The summed E-state index contributed by atoms with van der Waals surface area (Å²) >= 11 is 0. The van der Waals surface area contributed by atoms with E-state index in [4.69, 9.17) is 4.99 Å². The van der Waals surface area contributed by atoms with E-state index in [-0.39, 0.29) is 42.0 Å². The van der Waals surface area contributed by atoms with Crippen LogP contribution in [-0.2, 0) is 4.79 Å². The number of rotatable bonds is 6. The molecule has 7 nitrogen and oxygen atoms in total. The van der Waals surface area contributed by atoms with Crippen molar-refractivity contribution in [2.24, 2.45) is 10.9 Å². The number of nitrogens with zero attached hydrogens (tertiary/aromatic N) is 3. The third-order valence-electron chi connectivity index (χ3n) is 4.92. The zero-order valence-electron chi connectivity index (χ0n) is 16.4. The fourth-order valence-corrected chi connectivity index (χ4v) is 3.55. The first-order valence-corrected chi connectivity index (χ1v) is 9.72. The van der Waals surface area contributed by atoms with Gasteiger partial charge in [0.05, 0.1) is 12.6 Å². The van der Waals surface area contributed by atoms with Crippen molar-refractivity contribution >= 4 is 35.8 Å². The van der Waals surface area contributed by atoms with Crippen molar-refractivity contribution in [2.75, 3.05) is 45.8 Å². The molecule has 0 aromatic carbocycles. The number of guanidine groups is 1. The van der Waals surface area contributed by atoms with E-state index in [0.29, 0.717) is 19.0 Å². The van der Waals surface area contributed by atoms with E-state index in [2.05, 4.69) is 27.4 Å². The molecule has 2 fully saturated rings. The molecule has 0 spiro atoms. The zero-order chi connectivity index (χ0) is 18.2. The molecule has 2 atom stereocenters. The number of halogens is 1. The Labute approximate surface area is 175 Å². The van der Waals surface area contributed by atoms with E-state index >= 15 is 0 Å². The third kappa shape index (κ3) is 7.56. The number of amides is 1. The highest BCUT2D eigenvalue weighted by Gasteiger charge is 2.26. The van der Waals surface area contributed by atoms with E-state index in [1.807, 2.05) is 13.8 Å². The van der Waals surface area contributed by atoms with Crippen LogP contribution in [0.3, 0.4) is 0 Å². The van der Waals surface area contributed by atoms with Crippen molar-refractivity contribution in [1.29, 1.82) is 0 Å². The van der Waals surface area contributed by atoms with Crippen LogP contribution >= 0.6 is 24.0 Å². The third-order valence-corrected chi connectivity index (χ3v) is 4.92. The number of aliphatic hydroxyl groups is 1. The van der Waals surface area contributed by atoms with Gasteiger partial charge >= 0.3 is 0 Å². The molecule has 1 aliphatic carbocycles. The van der Waals surface area contributed by atoms with E-state index < -0.39 is 0 Å². The molecule has 1 heterocycles. The van der Waals surface area contributed by atoms with Crippen molar-refractivity contribution in [3.8, 4) is 0 Å². The molecule has 152 valence electrons. The minimum absolute atomic E-state index is 0. The quantitative estimate of drug-likeness (QED) is 0.298. The van der Waals surface area contributed by atoms with Crippen LogP contribution in [0.25, 0.3) is 0 Å². The Balaban J connectivity index is 0.00000338. The first-order valence-electron chi connectivity index (χ1n) is 9.72. The van der Waals surface area contributed by atoms with Gasteiger partial charge < -0.3 is 20.6 Å². The topological polar surface area (TPSA) is 80.2 Å². The zero-order valence-corrected chi connectivity index (χ0v) is 18.7. The SMILES string of the molecule is CCNC(=NCC1CCCC1O)N1CCN(CC(=O)NC(C)C)CC1.I. The molecule has 0 aromatic heterocycles. The molecule has 1 saturated heterocycles. The molecule has 26 heavy (non-hydrogen) atoms. The van der Waals surface area contributed by atoms with Gasteiger partial charge in [0.1, 0.15) is 0 Å². The number of carbonyl (C=O) groups excluding carboxylic acids is 1. The van der Waals surface area contributed by atoms with Crippen LogP contribution < -0.4 is 10.6 Å². The van der Waals surface area contributed by atoms with Crippen LogP contribution in [-0.4, -0.2) is 84.7 Å². The minimum Gasteiger partial charge on any atom is -0.393 e. The molecule has 1 aliphatic heterocycles. The Morgan fingerprint density at radius 1 is 1.23 bits per heavy atom. The van der Waals surface area contributed by atoms with Gasteiger partial charge in [-0.05, 0) is 33.6 Å². The lowest BCUT2D eigenvalue weighted by Gasteiger charge is -2.36. The number of carbonyl (C=O) groups is 1. The predicted molar refractivity (Wildman–Crippen MR) is 116 cm³/mol. The Morgan fingerprint density at radius 3 is 2.46 bits per heavy atom. The van der Waals surface area contributed by atoms with Crippen molar-refractivity contribution < 1.29 is 9.90 Å². The summed E-state index contributed by atoms with van der Waals surface area (Å²) in [6, 6.07) is 0.187. The minimum atomic E-state index is -0.192. The van der Waals surface area contributed by atoms with Gasteiger partial charge in [-0.1, -0.05) is 6.42 Å². The van der Waals surface area contributed by atoms with E-state index in [1.54, 1.807) is 0 Å². The molecular formula is C18H36IN5O2. The van der Waals surface area contributed by atoms with Crippen molar-refractivity contribution in [3.63, 3.8) is 0 Å². The Morgan fingerprint density at radius 2 is 1.92 bits per heavy atom. The van der Waals surface area contributed by atoms with Gasteiger partial charge in [-0.25, -0.2) is 0 Å². The molecule has 1 amide bonds. The number of nitrogens with one attached hydrogen (secondary N) is 2. The standard InChI is InChI=1S/C18H35N5O2.HI/c1-4-19-18(20-12-15-6-5-7-16(15)24)23-10-8-22(9-11-23)13-17(25)21-14(2)3;/h14-16,24H,4-13H2,1-3H3,(H,19,20)(H,21,25);1H. The van der Waals surface area contributed by atoms with E-state index in [9.17, 15) is 9.90 Å². The molecule has 2 aliphatic rings. The fourth-order valence-electron chi connectivity index (χ4n) is 3.55. The molecule has 0 aromatic rings. The summed E-state index contributed by atoms with van der Waals surface area (Å²) in [6.45, 7) is 11.5. The summed E-state index contributed by atoms with van der Waals surface area (Å²) < 4.78 is 0. The van der Waals surface area contributed by atoms with Crippen molar-refractivity contribution in [3.05, 3.63) is 0 Å². The summed E-state index contributed by atoms with van der Waals surface area (Å²) in [5.74, 6) is 1.34. The smallest absolute Gasteiger partial charge is 0.234 e. The molecular weight excluding hydrogens is 445 g/mol. The van der Waals surface area contributed by atoms with Gasteiger partial charge in [0.25, 0.3) is 0 Å². The lowest BCUT2D eigenvalue weighted by molar-refractivity contribution is -0.123. The highest BCUT2D eigenvalue weighted by molar-refractivity contribution is 14.0. The second kappa shape index (κ2) is 12.0. The average Bonchev–Trinajstić information content (AvgIpc) is 2.96. The lowest BCUT2D eigenvalue weighted by atomic mass is 10.1. The van der Waals surface area contributed by atoms with Gasteiger partial charge in [-0.3, -0.25) is 14.7 Å². The number of hydrogen-bond donors (Lipinski definition) is 3. The summed E-state index contributed by atoms with van der Waals surface area (Å²) in [5.41, 5.74) is 0. The molecule has 2 unspecified atom stereocenters. The number of hydrogen-bond acceptors (Lipinski definition) is 4. The van der Waals surface area contributed by atoms with Gasteiger partial charge in [0.15, 0.2) is 5.96 Å². The first-order chi connectivity index (χ1) is 12.0. The predicted octanol–water partition coefficient (Wildman–Crippen LogP) is 0.873. The first kappa shape index (κ1) is 23.4. The second-order valence-electron chi connectivity index (χ2n) is 7.44. The molecule has 0 bridgehead atoms. The van der Waals surface area contributed by atoms with Crippen molar-refractivity contribution in [1.82, 2.24) is 20.4 Å². The Kier molecular flexibility index (Phi) is 10.8. The normalized spacial score (nSPS) is 24.5. The lowest BCUT2D eigenvalue weighted by Crippen LogP contribution is -2.54. The van der Waals surface area contributed by atoms with Gasteiger partial charge in [-0.15, -0.1) is 24.0 Å². The van der Waals surface area contributed by atoms with Crippen molar-refractivity contribution in [2.45, 2.75) is 52.2 Å². The van der Waals surface area contributed by atoms with Gasteiger partial charge in [-0.2, -0.15) is 0 Å². The largest absolute Gasteiger partial charge is 0.393 e. The number of aliphatic imine (C=N–C) groups is 1. The Hall–Kier alpha value is -0.610. The fraction of sp³-hybridized carbons (Fsp3) is 0.889. The summed E-state index contributed by atoms with van der Waals surface area (Å²) in [5, 5.41) is 16.3. The van der Waals surface area contributed by atoms with Crippen LogP contribution in [0.4, 0.5) is 0 Å². The maximum Gasteiger partial charge on any atom is 0.234 e. The van der Waals surface area contributed by atoms with Crippen LogP contribution in [0.5, 0.6) is 0 Å². The van der Waals surface area contributed by atoms with Gasteiger partial charge in [0, 0.05) is 51.2 Å². The highest BCUT2D eigenvalue weighted by Crippen LogP contribution is 2.25. The molecule has 3 N–H and O–H groups in total. The van der Waals surface area contributed by atoms with Crippen LogP contribution in [0.1, 0.15) is 40.0 Å². The van der Waals surface area contributed by atoms with Crippen LogP contribution in [0.15, 0.2) is 4.99 Å². The summed E-state index contributed by atoms with van der Waals surface area (Å²) in [4.78, 5) is 21.1. The number of aliphatic hydroxyl groups excluding tert-OH is 1.